The van der Waals surface area contributed by atoms with Crippen molar-refractivity contribution < 1.29 is 19.3 Å². The number of para-hydroxylation sites is 1. The van der Waals surface area contributed by atoms with E-state index in [1.807, 2.05) is 0 Å². The Labute approximate surface area is 174 Å². The van der Waals surface area contributed by atoms with Crippen LogP contribution in [0.1, 0.15) is 17.3 Å². The van der Waals surface area contributed by atoms with Crippen LogP contribution in [-0.4, -0.2) is 55.3 Å². The van der Waals surface area contributed by atoms with E-state index >= 15 is 0 Å². The first-order valence-electron chi connectivity index (χ1n) is 9.47. The van der Waals surface area contributed by atoms with Crippen molar-refractivity contribution in [2.75, 3.05) is 43.4 Å². The second-order valence-electron chi connectivity index (χ2n) is 6.99. The summed E-state index contributed by atoms with van der Waals surface area (Å²) in [7, 11) is 0. The molecule has 3 amide bonds. The van der Waals surface area contributed by atoms with E-state index in [9.17, 15) is 14.4 Å². The Morgan fingerprint density at radius 2 is 1.66 bits per heavy atom. The van der Waals surface area contributed by atoms with Crippen LogP contribution in [0.5, 0.6) is 0 Å². The van der Waals surface area contributed by atoms with Gasteiger partial charge in [0.15, 0.2) is 6.54 Å². The standard InChI is InChI=1S/C21H23ClN4O3/c1-15(27)26-12-10-25(11-13-26)14-20(28)24-19-5-3-2-4-18(19)21(29)23-17-8-6-16(22)7-9-17/h2-9H,10-14H2,1H3,(H,23,29)(H,24,28)/p+1. The molecular weight excluding hydrogens is 392 g/mol. The molecule has 8 heteroatoms. The molecule has 1 aliphatic heterocycles. The molecule has 29 heavy (non-hydrogen) atoms. The second kappa shape index (κ2) is 9.54. The van der Waals surface area contributed by atoms with Crippen molar-refractivity contribution in [2.24, 2.45) is 0 Å². The number of piperazine rings is 1. The monoisotopic (exact) mass is 415 g/mol. The predicted octanol–water partition coefficient (Wildman–Crippen LogP) is 1.28. The van der Waals surface area contributed by atoms with E-state index < -0.39 is 0 Å². The Hall–Kier alpha value is -2.90. The second-order valence-corrected chi connectivity index (χ2v) is 7.42. The molecule has 1 heterocycles. The number of benzene rings is 2. The molecule has 152 valence electrons. The first kappa shape index (κ1) is 20.8. The fourth-order valence-corrected chi connectivity index (χ4v) is 3.38. The molecule has 0 unspecified atom stereocenters. The van der Waals surface area contributed by atoms with Gasteiger partial charge in [0.25, 0.3) is 11.8 Å². The molecule has 0 aromatic heterocycles. The maximum Gasteiger partial charge on any atom is 0.279 e. The molecule has 0 radical (unpaired) electrons. The van der Waals surface area contributed by atoms with Gasteiger partial charge in [-0.15, -0.1) is 0 Å². The third kappa shape index (κ3) is 5.79. The average molecular weight is 416 g/mol. The van der Waals surface area contributed by atoms with Crippen molar-refractivity contribution in [2.45, 2.75) is 6.92 Å². The molecule has 1 aliphatic rings. The highest BCUT2D eigenvalue weighted by molar-refractivity contribution is 6.30. The summed E-state index contributed by atoms with van der Waals surface area (Å²) < 4.78 is 0. The number of nitrogens with one attached hydrogen (secondary N) is 3. The average Bonchev–Trinajstić information content (AvgIpc) is 2.70. The number of carbonyl (C=O) groups excluding carboxylic acids is 3. The lowest BCUT2D eigenvalue weighted by Crippen LogP contribution is -3.15. The molecule has 1 fully saturated rings. The Kier molecular flexibility index (Phi) is 6.85. The van der Waals surface area contributed by atoms with Crippen LogP contribution in [0.25, 0.3) is 0 Å². The predicted molar refractivity (Wildman–Crippen MR) is 112 cm³/mol. The van der Waals surface area contributed by atoms with Gasteiger partial charge in [-0.25, -0.2) is 0 Å². The molecule has 3 N–H and O–H groups in total. The molecule has 0 bridgehead atoms. The minimum Gasteiger partial charge on any atom is -0.332 e. The molecule has 2 aromatic rings. The van der Waals surface area contributed by atoms with Gasteiger partial charge >= 0.3 is 0 Å². The number of quaternary nitrogens is 1. The summed E-state index contributed by atoms with van der Waals surface area (Å²) in [4.78, 5) is 39.5. The van der Waals surface area contributed by atoms with Crippen LogP contribution < -0.4 is 15.5 Å². The summed E-state index contributed by atoms with van der Waals surface area (Å²) in [5, 5.41) is 6.24. The van der Waals surface area contributed by atoms with Gasteiger partial charge in [0, 0.05) is 17.6 Å². The van der Waals surface area contributed by atoms with Gasteiger partial charge in [0.1, 0.15) is 0 Å². The summed E-state index contributed by atoms with van der Waals surface area (Å²) in [6, 6.07) is 13.7. The Bertz CT molecular complexity index is 893. The summed E-state index contributed by atoms with van der Waals surface area (Å²) in [5.41, 5.74) is 1.46. The lowest BCUT2D eigenvalue weighted by molar-refractivity contribution is -0.895. The van der Waals surface area contributed by atoms with E-state index in [0.29, 0.717) is 41.6 Å². The number of nitrogens with zero attached hydrogens (tertiary/aromatic N) is 1. The van der Waals surface area contributed by atoms with Crippen molar-refractivity contribution in [3.05, 3.63) is 59.1 Å². The van der Waals surface area contributed by atoms with Gasteiger partial charge in [-0.2, -0.15) is 0 Å². The number of anilines is 2. The highest BCUT2D eigenvalue weighted by Crippen LogP contribution is 2.18. The van der Waals surface area contributed by atoms with Gasteiger partial charge in [0.05, 0.1) is 37.4 Å². The van der Waals surface area contributed by atoms with E-state index in [0.717, 1.165) is 18.0 Å². The normalized spacial score (nSPS) is 14.3. The van der Waals surface area contributed by atoms with Crippen molar-refractivity contribution in [1.82, 2.24) is 4.90 Å². The molecule has 1 saturated heterocycles. The van der Waals surface area contributed by atoms with Crippen LogP contribution in [0.2, 0.25) is 5.02 Å². The van der Waals surface area contributed by atoms with Crippen LogP contribution >= 0.6 is 11.6 Å². The molecule has 0 atom stereocenters. The number of rotatable bonds is 5. The largest absolute Gasteiger partial charge is 0.332 e. The Balaban J connectivity index is 1.60. The molecule has 7 nitrogen and oxygen atoms in total. The van der Waals surface area contributed by atoms with E-state index in [4.69, 9.17) is 11.6 Å². The van der Waals surface area contributed by atoms with E-state index in [1.54, 1.807) is 60.4 Å². The molecule has 3 rings (SSSR count). The SMILES string of the molecule is CC(=O)N1CC[NH+](CC(=O)Nc2ccccc2C(=O)Nc2ccc(Cl)cc2)CC1. The molecule has 0 saturated carbocycles. The van der Waals surface area contributed by atoms with Gasteiger partial charge in [-0.3, -0.25) is 14.4 Å². The molecule has 0 spiro atoms. The maximum absolute atomic E-state index is 12.7. The number of carbonyl (C=O) groups is 3. The zero-order chi connectivity index (χ0) is 20.8. The van der Waals surface area contributed by atoms with Crippen LogP contribution in [0, 0.1) is 0 Å². The van der Waals surface area contributed by atoms with Crippen LogP contribution in [0.3, 0.4) is 0 Å². The summed E-state index contributed by atoms with van der Waals surface area (Å²) >= 11 is 5.87. The minimum atomic E-state index is -0.314. The van der Waals surface area contributed by atoms with Crippen LogP contribution in [0.4, 0.5) is 11.4 Å². The van der Waals surface area contributed by atoms with Crippen molar-refractivity contribution in [3.63, 3.8) is 0 Å². The number of hydrogen-bond donors (Lipinski definition) is 3. The molecule has 2 aromatic carbocycles. The van der Waals surface area contributed by atoms with Crippen molar-refractivity contribution in [1.29, 1.82) is 0 Å². The maximum atomic E-state index is 12.7. The molecular formula is C21H24ClN4O3+. The first-order chi connectivity index (χ1) is 13.9. The fraction of sp³-hybridized carbons (Fsp3) is 0.286. The highest BCUT2D eigenvalue weighted by atomic mass is 35.5. The van der Waals surface area contributed by atoms with Crippen molar-refractivity contribution >= 4 is 40.7 Å². The van der Waals surface area contributed by atoms with Gasteiger partial charge < -0.3 is 20.4 Å². The van der Waals surface area contributed by atoms with Crippen molar-refractivity contribution in [3.8, 4) is 0 Å². The Morgan fingerprint density at radius 1 is 1.00 bits per heavy atom. The third-order valence-electron chi connectivity index (χ3n) is 4.87. The zero-order valence-electron chi connectivity index (χ0n) is 16.2. The van der Waals surface area contributed by atoms with E-state index in [-0.39, 0.29) is 17.7 Å². The van der Waals surface area contributed by atoms with Gasteiger partial charge in [-0.05, 0) is 36.4 Å². The summed E-state index contributed by atoms with van der Waals surface area (Å²) in [6.45, 7) is 4.61. The van der Waals surface area contributed by atoms with E-state index in [1.165, 1.54) is 0 Å². The fourth-order valence-electron chi connectivity index (χ4n) is 3.26. The quantitative estimate of drug-likeness (QED) is 0.688. The van der Waals surface area contributed by atoms with E-state index in [2.05, 4.69) is 10.6 Å². The zero-order valence-corrected chi connectivity index (χ0v) is 17.0. The third-order valence-corrected chi connectivity index (χ3v) is 5.13. The lowest BCUT2D eigenvalue weighted by Gasteiger charge is -2.31. The van der Waals surface area contributed by atoms with Crippen LogP contribution in [0.15, 0.2) is 48.5 Å². The highest BCUT2D eigenvalue weighted by Gasteiger charge is 2.24. The van der Waals surface area contributed by atoms with Gasteiger partial charge in [0.2, 0.25) is 5.91 Å². The molecule has 0 aliphatic carbocycles. The summed E-state index contributed by atoms with van der Waals surface area (Å²) in [6.07, 6.45) is 0. The first-order valence-corrected chi connectivity index (χ1v) is 9.85. The topological polar surface area (TPSA) is 83.0 Å². The summed E-state index contributed by atoms with van der Waals surface area (Å²) in [5.74, 6) is -0.414. The van der Waals surface area contributed by atoms with Gasteiger partial charge in [-0.1, -0.05) is 23.7 Å². The number of amides is 3. The lowest BCUT2D eigenvalue weighted by atomic mass is 10.1. The number of halogens is 1. The smallest absolute Gasteiger partial charge is 0.279 e. The number of hydrogen-bond acceptors (Lipinski definition) is 3. The van der Waals surface area contributed by atoms with Crippen LogP contribution in [-0.2, 0) is 9.59 Å². The Morgan fingerprint density at radius 3 is 2.31 bits per heavy atom. The minimum absolute atomic E-state index is 0.0640.